The number of rotatable bonds is 4. The molecule has 1 aliphatic heterocycles. The fourth-order valence-corrected chi connectivity index (χ4v) is 2.34. The van der Waals surface area contributed by atoms with Gasteiger partial charge < -0.3 is 14.7 Å². The third-order valence-electron chi connectivity index (χ3n) is 3.24. The van der Waals surface area contributed by atoms with Gasteiger partial charge in [-0.15, -0.1) is 0 Å². The van der Waals surface area contributed by atoms with E-state index < -0.39 is 5.60 Å². The summed E-state index contributed by atoms with van der Waals surface area (Å²) in [6.07, 6.45) is 1.64. The van der Waals surface area contributed by atoms with Gasteiger partial charge in [0.05, 0.1) is 25.8 Å². The summed E-state index contributed by atoms with van der Waals surface area (Å²) in [5.41, 5.74) is -0.351. The quantitative estimate of drug-likeness (QED) is 0.844. The first-order valence-electron chi connectivity index (χ1n) is 6.09. The lowest BCUT2D eigenvalue weighted by molar-refractivity contribution is -0.0861. The Morgan fingerprint density at radius 1 is 1.61 bits per heavy atom. The van der Waals surface area contributed by atoms with Gasteiger partial charge in [-0.25, -0.2) is 4.68 Å². The molecule has 0 aliphatic carbocycles. The van der Waals surface area contributed by atoms with Crippen LogP contribution < -0.4 is 4.74 Å². The van der Waals surface area contributed by atoms with E-state index >= 15 is 0 Å². The van der Waals surface area contributed by atoms with Gasteiger partial charge in [-0.05, 0) is 6.42 Å². The van der Waals surface area contributed by atoms with Crippen LogP contribution in [0.3, 0.4) is 0 Å². The number of aromatic nitrogens is 2. The van der Waals surface area contributed by atoms with Crippen LogP contribution in [-0.2, 0) is 7.05 Å². The molecule has 2 heterocycles. The molecular formula is C12H19N3O3. The number of aliphatic hydroxyl groups is 1. The van der Waals surface area contributed by atoms with Gasteiger partial charge in [-0.2, -0.15) is 5.10 Å². The molecule has 0 saturated carbocycles. The van der Waals surface area contributed by atoms with Crippen molar-refractivity contribution in [3.8, 4) is 5.88 Å². The molecule has 1 fully saturated rings. The first-order chi connectivity index (χ1) is 8.49. The van der Waals surface area contributed by atoms with Gasteiger partial charge in [0.25, 0.3) is 5.91 Å². The van der Waals surface area contributed by atoms with Crippen molar-refractivity contribution in [2.75, 3.05) is 20.2 Å². The normalized spacial score (nSPS) is 17.4. The van der Waals surface area contributed by atoms with Crippen molar-refractivity contribution in [3.05, 3.63) is 11.8 Å². The van der Waals surface area contributed by atoms with Crippen LogP contribution in [0.15, 0.2) is 6.07 Å². The Kier molecular flexibility index (Phi) is 3.30. The molecule has 0 atom stereocenters. The standard InChI is InChI=1S/C12H19N3O3/c1-4-5-12(17)7-15(8-12)11(16)9-6-10(18-3)14(2)13-9/h6,17H,4-5,7-8H2,1-3H3. The Morgan fingerprint density at radius 3 is 2.78 bits per heavy atom. The van der Waals surface area contributed by atoms with E-state index in [1.165, 1.54) is 11.8 Å². The van der Waals surface area contributed by atoms with Crippen molar-refractivity contribution in [1.82, 2.24) is 14.7 Å². The van der Waals surface area contributed by atoms with Crippen LogP contribution >= 0.6 is 0 Å². The van der Waals surface area contributed by atoms with Crippen LogP contribution in [0.25, 0.3) is 0 Å². The fraction of sp³-hybridized carbons (Fsp3) is 0.667. The highest BCUT2D eigenvalue weighted by atomic mass is 16.5. The lowest BCUT2D eigenvalue weighted by Crippen LogP contribution is -2.63. The van der Waals surface area contributed by atoms with Gasteiger partial charge in [0.15, 0.2) is 5.69 Å². The average molecular weight is 253 g/mol. The number of methoxy groups -OCH3 is 1. The van der Waals surface area contributed by atoms with Gasteiger partial charge in [-0.3, -0.25) is 4.79 Å². The summed E-state index contributed by atoms with van der Waals surface area (Å²) >= 11 is 0. The Labute approximate surface area is 106 Å². The van der Waals surface area contributed by atoms with Gasteiger partial charge in [0.2, 0.25) is 5.88 Å². The van der Waals surface area contributed by atoms with Crippen LogP contribution in [0.2, 0.25) is 0 Å². The Bertz CT molecular complexity index is 449. The molecule has 0 unspecified atom stereocenters. The summed E-state index contributed by atoms with van der Waals surface area (Å²) in [5, 5.41) is 14.1. The topological polar surface area (TPSA) is 67.6 Å². The maximum Gasteiger partial charge on any atom is 0.274 e. The molecule has 0 radical (unpaired) electrons. The van der Waals surface area contributed by atoms with Gasteiger partial charge in [-0.1, -0.05) is 13.3 Å². The Hall–Kier alpha value is -1.56. The zero-order valence-electron chi connectivity index (χ0n) is 11.0. The molecule has 1 aromatic rings. The monoisotopic (exact) mass is 253 g/mol. The molecule has 0 bridgehead atoms. The second-order valence-electron chi connectivity index (χ2n) is 4.83. The van der Waals surface area contributed by atoms with Crippen LogP contribution in [0.1, 0.15) is 30.3 Å². The highest BCUT2D eigenvalue weighted by molar-refractivity contribution is 5.93. The van der Waals surface area contributed by atoms with E-state index in [0.717, 1.165) is 12.8 Å². The second-order valence-corrected chi connectivity index (χ2v) is 4.83. The van der Waals surface area contributed by atoms with Crippen molar-refractivity contribution in [3.63, 3.8) is 0 Å². The van der Waals surface area contributed by atoms with Crippen molar-refractivity contribution >= 4 is 5.91 Å². The predicted octanol–water partition coefficient (Wildman–Crippen LogP) is 0.416. The summed E-state index contributed by atoms with van der Waals surface area (Å²) in [7, 11) is 3.26. The van der Waals surface area contributed by atoms with Crippen molar-refractivity contribution in [1.29, 1.82) is 0 Å². The molecule has 1 aromatic heterocycles. The number of likely N-dealkylation sites (tertiary alicyclic amines) is 1. The summed E-state index contributed by atoms with van der Waals surface area (Å²) in [5.74, 6) is 0.386. The van der Waals surface area contributed by atoms with Gasteiger partial charge in [0.1, 0.15) is 0 Å². The van der Waals surface area contributed by atoms with Crippen LogP contribution in [0.4, 0.5) is 0 Å². The van der Waals surface area contributed by atoms with Crippen molar-refractivity contribution < 1.29 is 14.6 Å². The molecule has 1 amide bonds. The minimum absolute atomic E-state index is 0.158. The van der Waals surface area contributed by atoms with Crippen molar-refractivity contribution in [2.45, 2.75) is 25.4 Å². The fourth-order valence-electron chi connectivity index (χ4n) is 2.34. The number of ether oxygens (including phenoxy) is 1. The lowest BCUT2D eigenvalue weighted by atomic mass is 9.89. The highest BCUT2D eigenvalue weighted by Crippen LogP contribution is 2.27. The molecule has 18 heavy (non-hydrogen) atoms. The number of hydrogen-bond donors (Lipinski definition) is 1. The number of carbonyl (C=O) groups excluding carboxylic acids is 1. The van der Waals surface area contributed by atoms with E-state index in [1.54, 1.807) is 18.0 Å². The van der Waals surface area contributed by atoms with E-state index in [1.807, 2.05) is 6.92 Å². The number of hydrogen-bond acceptors (Lipinski definition) is 4. The smallest absolute Gasteiger partial charge is 0.274 e. The molecule has 0 aromatic carbocycles. The Morgan fingerprint density at radius 2 is 2.28 bits per heavy atom. The van der Waals surface area contributed by atoms with Crippen LogP contribution in [0, 0.1) is 0 Å². The molecule has 6 heteroatoms. The molecule has 1 aliphatic rings. The molecule has 0 spiro atoms. The molecule has 1 saturated heterocycles. The molecule has 6 nitrogen and oxygen atoms in total. The maximum absolute atomic E-state index is 12.1. The van der Waals surface area contributed by atoms with E-state index in [9.17, 15) is 9.90 Å². The predicted molar refractivity (Wildman–Crippen MR) is 65.5 cm³/mol. The molecule has 2 rings (SSSR count). The molecular weight excluding hydrogens is 234 g/mol. The van der Waals surface area contributed by atoms with E-state index in [4.69, 9.17) is 4.74 Å². The minimum Gasteiger partial charge on any atom is -0.481 e. The molecule has 100 valence electrons. The van der Waals surface area contributed by atoms with Gasteiger partial charge in [0, 0.05) is 13.1 Å². The van der Waals surface area contributed by atoms with Crippen LogP contribution in [-0.4, -0.2) is 51.5 Å². The zero-order valence-corrected chi connectivity index (χ0v) is 11.0. The first-order valence-corrected chi connectivity index (χ1v) is 6.09. The average Bonchev–Trinajstić information content (AvgIpc) is 2.66. The third-order valence-corrected chi connectivity index (χ3v) is 3.24. The van der Waals surface area contributed by atoms with E-state index in [0.29, 0.717) is 24.7 Å². The Balaban J connectivity index is 2.01. The summed E-state index contributed by atoms with van der Waals surface area (Å²) in [6.45, 7) is 2.79. The molecule has 1 N–H and O–H groups in total. The van der Waals surface area contributed by atoms with E-state index in [2.05, 4.69) is 5.10 Å². The summed E-state index contributed by atoms with van der Waals surface area (Å²) in [6, 6.07) is 1.61. The summed E-state index contributed by atoms with van der Waals surface area (Å²) in [4.78, 5) is 13.7. The van der Waals surface area contributed by atoms with Crippen LogP contribution in [0.5, 0.6) is 5.88 Å². The minimum atomic E-state index is -0.705. The number of β-amino-alcohol motifs (C(OH)–C–C–N with tert-alkyl or cyclic N) is 1. The van der Waals surface area contributed by atoms with Gasteiger partial charge >= 0.3 is 0 Å². The SMILES string of the molecule is CCCC1(O)CN(C(=O)c2cc(OC)n(C)n2)C1. The number of nitrogens with zero attached hydrogens (tertiary/aromatic N) is 3. The largest absolute Gasteiger partial charge is 0.481 e. The lowest BCUT2D eigenvalue weighted by Gasteiger charge is -2.46. The maximum atomic E-state index is 12.1. The van der Waals surface area contributed by atoms with E-state index in [-0.39, 0.29) is 5.91 Å². The zero-order chi connectivity index (χ0) is 13.3. The third kappa shape index (κ3) is 2.20. The highest BCUT2D eigenvalue weighted by Gasteiger charge is 2.43. The second kappa shape index (κ2) is 4.61. The first kappa shape index (κ1) is 12.9. The number of aryl methyl sites for hydroxylation is 1. The number of amides is 1. The number of carbonyl (C=O) groups is 1. The van der Waals surface area contributed by atoms with Crippen molar-refractivity contribution in [2.24, 2.45) is 7.05 Å². The summed E-state index contributed by atoms with van der Waals surface area (Å²) < 4.78 is 6.59.